The van der Waals surface area contributed by atoms with E-state index in [2.05, 4.69) is 4.98 Å². The second-order valence-corrected chi connectivity index (χ2v) is 4.42. The van der Waals surface area contributed by atoms with E-state index < -0.39 is 6.10 Å². The minimum absolute atomic E-state index is 0.371. The van der Waals surface area contributed by atoms with E-state index >= 15 is 0 Å². The number of nitrogens with two attached hydrogens (primary N) is 1. The van der Waals surface area contributed by atoms with Crippen molar-refractivity contribution >= 4 is 5.82 Å². The molecule has 3 N–H and O–H groups in total. The van der Waals surface area contributed by atoms with E-state index in [1.165, 1.54) is 12.8 Å². The molecule has 1 aromatic rings. The standard InChI is InChI=1S/C12H18N2O/c1-8-6-7-14-12(13)10(8)11(15)9-4-2-3-5-9/h6-7,9,11,15H,2-5H2,1H3,(H2,13,14). The molecule has 0 saturated heterocycles. The fourth-order valence-corrected chi connectivity index (χ4v) is 2.48. The highest BCUT2D eigenvalue weighted by molar-refractivity contribution is 5.45. The van der Waals surface area contributed by atoms with Gasteiger partial charge in [0.15, 0.2) is 0 Å². The summed E-state index contributed by atoms with van der Waals surface area (Å²) in [6.45, 7) is 1.98. The minimum atomic E-state index is -0.429. The van der Waals surface area contributed by atoms with Gasteiger partial charge < -0.3 is 10.8 Å². The number of pyridine rings is 1. The highest BCUT2D eigenvalue weighted by Gasteiger charge is 2.27. The van der Waals surface area contributed by atoms with Crippen LogP contribution in [0.25, 0.3) is 0 Å². The van der Waals surface area contributed by atoms with Crippen LogP contribution in [-0.2, 0) is 0 Å². The molecule has 1 aliphatic rings. The zero-order chi connectivity index (χ0) is 10.8. The van der Waals surface area contributed by atoms with Crippen LogP contribution in [0.1, 0.15) is 42.9 Å². The first kappa shape index (κ1) is 10.4. The maximum atomic E-state index is 10.3. The van der Waals surface area contributed by atoms with Crippen LogP contribution in [0.3, 0.4) is 0 Å². The molecule has 0 aliphatic heterocycles. The highest BCUT2D eigenvalue weighted by atomic mass is 16.3. The Labute approximate surface area is 90.3 Å². The topological polar surface area (TPSA) is 59.1 Å². The van der Waals surface area contributed by atoms with Gasteiger partial charge in [0, 0.05) is 11.8 Å². The first-order chi connectivity index (χ1) is 7.20. The van der Waals surface area contributed by atoms with E-state index in [0.29, 0.717) is 11.7 Å². The SMILES string of the molecule is Cc1ccnc(N)c1C(O)C1CCCC1. The summed E-state index contributed by atoms with van der Waals surface area (Å²) >= 11 is 0. The normalized spacial score (nSPS) is 19.3. The molecule has 1 saturated carbocycles. The zero-order valence-corrected chi connectivity index (χ0v) is 9.11. The number of nitrogen functional groups attached to an aromatic ring is 1. The van der Waals surface area contributed by atoms with Crippen LogP contribution in [0.2, 0.25) is 0 Å². The lowest BCUT2D eigenvalue weighted by Crippen LogP contribution is -2.13. The van der Waals surface area contributed by atoms with Gasteiger partial charge in [0.1, 0.15) is 5.82 Å². The van der Waals surface area contributed by atoms with Gasteiger partial charge in [0.25, 0.3) is 0 Å². The number of aromatic nitrogens is 1. The van der Waals surface area contributed by atoms with Gasteiger partial charge in [-0.25, -0.2) is 4.98 Å². The molecule has 0 bridgehead atoms. The minimum Gasteiger partial charge on any atom is -0.388 e. The van der Waals surface area contributed by atoms with Crippen LogP contribution in [0, 0.1) is 12.8 Å². The number of rotatable bonds is 2. The number of hydrogen-bond acceptors (Lipinski definition) is 3. The number of nitrogens with zero attached hydrogens (tertiary/aromatic N) is 1. The van der Waals surface area contributed by atoms with Gasteiger partial charge in [0.2, 0.25) is 0 Å². The molecule has 0 spiro atoms. The maximum Gasteiger partial charge on any atom is 0.129 e. The lowest BCUT2D eigenvalue weighted by atomic mass is 9.92. The molecule has 0 aromatic carbocycles. The van der Waals surface area contributed by atoms with E-state index in [0.717, 1.165) is 24.0 Å². The number of aliphatic hydroxyl groups is 1. The van der Waals surface area contributed by atoms with Crippen LogP contribution >= 0.6 is 0 Å². The zero-order valence-electron chi connectivity index (χ0n) is 9.11. The molecular formula is C12H18N2O. The van der Waals surface area contributed by atoms with Crippen LogP contribution in [-0.4, -0.2) is 10.1 Å². The fraction of sp³-hybridized carbons (Fsp3) is 0.583. The van der Waals surface area contributed by atoms with E-state index in [4.69, 9.17) is 5.73 Å². The van der Waals surface area contributed by atoms with E-state index in [9.17, 15) is 5.11 Å². The second-order valence-electron chi connectivity index (χ2n) is 4.42. The number of anilines is 1. The smallest absolute Gasteiger partial charge is 0.129 e. The van der Waals surface area contributed by atoms with Gasteiger partial charge in [-0.1, -0.05) is 12.8 Å². The molecule has 82 valence electrons. The molecule has 0 radical (unpaired) electrons. The molecule has 3 nitrogen and oxygen atoms in total. The third-order valence-electron chi connectivity index (χ3n) is 3.38. The third-order valence-corrected chi connectivity index (χ3v) is 3.38. The summed E-state index contributed by atoms with van der Waals surface area (Å²) in [5, 5.41) is 10.3. The lowest BCUT2D eigenvalue weighted by Gasteiger charge is -2.20. The Kier molecular flexibility index (Phi) is 2.91. The molecule has 1 unspecified atom stereocenters. The Morgan fingerprint density at radius 3 is 2.73 bits per heavy atom. The van der Waals surface area contributed by atoms with Crippen molar-refractivity contribution in [3.63, 3.8) is 0 Å². The van der Waals surface area contributed by atoms with Crippen molar-refractivity contribution in [2.45, 2.75) is 38.7 Å². The summed E-state index contributed by atoms with van der Waals surface area (Å²) in [6, 6.07) is 1.91. The molecule has 0 amide bonds. The second kappa shape index (κ2) is 4.19. The van der Waals surface area contributed by atoms with Crippen LogP contribution in [0.5, 0.6) is 0 Å². The van der Waals surface area contributed by atoms with Crippen molar-refractivity contribution in [3.8, 4) is 0 Å². The molecule has 1 heterocycles. The van der Waals surface area contributed by atoms with Gasteiger partial charge in [-0.2, -0.15) is 0 Å². The summed E-state index contributed by atoms with van der Waals surface area (Å²) in [5.41, 5.74) is 7.70. The molecule has 15 heavy (non-hydrogen) atoms. The summed E-state index contributed by atoms with van der Waals surface area (Å²) < 4.78 is 0. The lowest BCUT2D eigenvalue weighted by molar-refractivity contribution is 0.111. The van der Waals surface area contributed by atoms with E-state index in [-0.39, 0.29) is 0 Å². The molecule has 3 heteroatoms. The van der Waals surface area contributed by atoms with Crippen molar-refractivity contribution < 1.29 is 5.11 Å². The average molecular weight is 206 g/mol. The summed E-state index contributed by atoms with van der Waals surface area (Å²) in [4.78, 5) is 4.05. The first-order valence-electron chi connectivity index (χ1n) is 5.59. The quantitative estimate of drug-likeness (QED) is 0.779. The van der Waals surface area contributed by atoms with Crippen molar-refractivity contribution in [3.05, 3.63) is 23.4 Å². The average Bonchev–Trinajstić information content (AvgIpc) is 2.69. The molecule has 1 aliphatic carbocycles. The molecule has 1 fully saturated rings. The van der Waals surface area contributed by atoms with Gasteiger partial charge >= 0.3 is 0 Å². The predicted molar refractivity (Wildman–Crippen MR) is 60.3 cm³/mol. The Bertz CT molecular complexity index is 325. The Morgan fingerprint density at radius 1 is 1.47 bits per heavy atom. The number of aliphatic hydroxyl groups excluding tert-OH is 1. The summed E-state index contributed by atoms with van der Waals surface area (Å²) in [6.07, 6.45) is 5.92. The Morgan fingerprint density at radius 2 is 2.13 bits per heavy atom. The predicted octanol–water partition coefficient (Wildman–Crippen LogP) is 2.20. The first-order valence-corrected chi connectivity index (χ1v) is 5.59. The third kappa shape index (κ3) is 1.97. The maximum absolute atomic E-state index is 10.3. The van der Waals surface area contributed by atoms with Crippen LogP contribution in [0.15, 0.2) is 12.3 Å². The van der Waals surface area contributed by atoms with E-state index in [1.807, 2.05) is 13.0 Å². The fourth-order valence-electron chi connectivity index (χ4n) is 2.48. The van der Waals surface area contributed by atoms with Crippen molar-refractivity contribution in [1.29, 1.82) is 0 Å². The van der Waals surface area contributed by atoms with E-state index in [1.54, 1.807) is 6.20 Å². The van der Waals surface area contributed by atoms with Crippen molar-refractivity contribution in [2.24, 2.45) is 5.92 Å². The largest absolute Gasteiger partial charge is 0.388 e. The van der Waals surface area contributed by atoms with Gasteiger partial charge in [-0.3, -0.25) is 0 Å². The van der Waals surface area contributed by atoms with Gasteiger partial charge in [0.05, 0.1) is 6.10 Å². The van der Waals surface area contributed by atoms with Crippen molar-refractivity contribution in [1.82, 2.24) is 4.98 Å². The molecular weight excluding hydrogens is 188 g/mol. The summed E-state index contributed by atoms with van der Waals surface area (Å²) in [5.74, 6) is 0.851. The monoisotopic (exact) mass is 206 g/mol. The molecule has 2 rings (SSSR count). The van der Waals surface area contributed by atoms with Crippen LogP contribution in [0.4, 0.5) is 5.82 Å². The molecule has 1 aromatic heterocycles. The number of hydrogen-bond donors (Lipinski definition) is 2. The Balaban J connectivity index is 2.27. The molecule has 1 atom stereocenters. The highest BCUT2D eigenvalue weighted by Crippen LogP contribution is 2.38. The van der Waals surface area contributed by atoms with Crippen LogP contribution < -0.4 is 5.73 Å². The van der Waals surface area contributed by atoms with Gasteiger partial charge in [-0.05, 0) is 37.3 Å². The summed E-state index contributed by atoms with van der Waals surface area (Å²) in [7, 11) is 0. The number of aryl methyl sites for hydroxylation is 1. The van der Waals surface area contributed by atoms with Crippen molar-refractivity contribution in [2.75, 3.05) is 5.73 Å². The van der Waals surface area contributed by atoms with Gasteiger partial charge in [-0.15, -0.1) is 0 Å². The Hall–Kier alpha value is -1.09.